The number of rotatable bonds is 6. The average Bonchev–Trinajstić information content (AvgIpc) is 3.09. The van der Waals surface area contributed by atoms with Crippen molar-refractivity contribution in [2.75, 3.05) is 11.9 Å². The summed E-state index contributed by atoms with van der Waals surface area (Å²) >= 11 is 1.40. The summed E-state index contributed by atoms with van der Waals surface area (Å²) in [5, 5.41) is 5.19. The van der Waals surface area contributed by atoms with Crippen LogP contribution >= 0.6 is 11.3 Å². The summed E-state index contributed by atoms with van der Waals surface area (Å²) in [5.74, 6) is -0.234. The topological polar surface area (TPSA) is 80.9 Å². The Bertz CT molecular complexity index is 817. The number of benzene rings is 1. The Balaban J connectivity index is 1.70. The Morgan fingerprint density at radius 2 is 1.92 bits per heavy atom. The first kappa shape index (κ1) is 16.3. The molecule has 3 aromatic rings. The van der Waals surface area contributed by atoms with Crippen LogP contribution in [0, 0.1) is 0 Å². The molecule has 5 nitrogen and oxygen atoms in total. The van der Waals surface area contributed by atoms with E-state index >= 15 is 0 Å². The molecule has 0 unspecified atom stereocenters. The number of aromatic nitrogens is 2. The number of pyridine rings is 1. The maximum atomic E-state index is 11.3. The maximum Gasteiger partial charge on any atom is 0.239 e. The second-order valence-corrected chi connectivity index (χ2v) is 6.20. The van der Waals surface area contributed by atoms with Crippen LogP contribution in [0.3, 0.4) is 0 Å². The molecule has 24 heavy (non-hydrogen) atoms. The van der Waals surface area contributed by atoms with Gasteiger partial charge in [0, 0.05) is 23.3 Å². The Labute approximate surface area is 144 Å². The van der Waals surface area contributed by atoms with E-state index in [0.29, 0.717) is 5.13 Å². The van der Waals surface area contributed by atoms with Crippen LogP contribution in [-0.4, -0.2) is 22.4 Å². The fraction of sp³-hybridized carbons (Fsp3) is 0.167. The first-order chi connectivity index (χ1) is 11.7. The van der Waals surface area contributed by atoms with E-state index in [1.165, 1.54) is 22.5 Å². The molecule has 0 radical (unpaired) electrons. The predicted molar refractivity (Wildman–Crippen MR) is 96.9 cm³/mol. The standard InChI is InChI=1S/C18H18N4OS/c19-11-17(23)22-18-21-16(12-24-18)15-3-1-2-14(10-15)5-4-13-6-8-20-9-7-13/h1-3,6-10,12H,4-5,11,19H2,(H,21,22,23). The third-order valence-corrected chi connectivity index (χ3v) is 4.37. The molecule has 0 bridgehead atoms. The van der Waals surface area contributed by atoms with Crippen molar-refractivity contribution in [1.29, 1.82) is 0 Å². The number of anilines is 1. The molecule has 3 rings (SSSR count). The van der Waals surface area contributed by atoms with Crippen molar-refractivity contribution in [3.05, 3.63) is 65.3 Å². The van der Waals surface area contributed by atoms with Gasteiger partial charge in [-0.3, -0.25) is 9.78 Å². The molecule has 1 amide bonds. The van der Waals surface area contributed by atoms with Gasteiger partial charge in [-0.15, -0.1) is 11.3 Å². The number of hydrogen-bond donors (Lipinski definition) is 2. The molecule has 122 valence electrons. The summed E-state index contributed by atoms with van der Waals surface area (Å²) in [6, 6.07) is 12.4. The Morgan fingerprint density at radius 1 is 1.12 bits per heavy atom. The number of nitrogens with one attached hydrogen (secondary N) is 1. The lowest BCUT2D eigenvalue weighted by Crippen LogP contribution is -2.21. The molecule has 1 aromatic carbocycles. The van der Waals surface area contributed by atoms with Gasteiger partial charge in [0.1, 0.15) is 0 Å². The van der Waals surface area contributed by atoms with Gasteiger partial charge in [0.05, 0.1) is 12.2 Å². The summed E-state index contributed by atoms with van der Waals surface area (Å²) in [4.78, 5) is 19.8. The number of amides is 1. The molecule has 0 atom stereocenters. The fourth-order valence-corrected chi connectivity index (χ4v) is 3.09. The molecular formula is C18H18N4OS. The van der Waals surface area contributed by atoms with Gasteiger partial charge in [-0.2, -0.15) is 0 Å². The lowest BCUT2D eigenvalue weighted by Gasteiger charge is -2.04. The maximum absolute atomic E-state index is 11.3. The minimum atomic E-state index is -0.234. The van der Waals surface area contributed by atoms with E-state index in [4.69, 9.17) is 5.73 Å². The number of nitrogens with two attached hydrogens (primary N) is 1. The third kappa shape index (κ3) is 4.24. The van der Waals surface area contributed by atoms with Crippen LogP contribution in [0.5, 0.6) is 0 Å². The zero-order valence-corrected chi connectivity index (χ0v) is 13.9. The monoisotopic (exact) mass is 338 g/mol. The van der Waals surface area contributed by atoms with Crippen molar-refractivity contribution in [2.24, 2.45) is 5.73 Å². The molecular weight excluding hydrogens is 320 g/mol. The molecule has 2 heterocycles. The van der Waals surface area contributed by atoms with Crippen molar-refractivity contribution in [2.45, 2.75) is 12.8 Å². The number of carbonyl (C=O) groups is 1. The number of carbonyl (C=O) groups excluding carboxylic acids is 1. The lowest BCUT2D eigenvalue weighted by atomic mass is 10.0. The van der Waals surface area contributed by atoms with Gasteiger partial charge < -0.3 is 11.1 Å². The van der Waals surface area contributed by atoms with Gasteiger partial charge in [0.2, 0.25) is 5.91 Å². The smallest absolute Gasteiger partial charge is 0.239 e. The Hall–Kier alpha value is -2.57. The summed E-state index contributed by atoms with van der Waals surface area (Å²) in [7, 11) is 0. The Morgan fingerprint density at radius 3 is 2.71 bits per heavy atom. The average molecular weight is 338 g/mol. The molecule has 0 spiro atoms. The van der Waals surface area contributed by atoms with Gasteiger partial charge >= 0.3 is 0 Å². The lowest BCUT2D eigenvalue weighted by molar-refractivity contribution is -0.114. The van der Waals surface area contributed by atoms with Crippen molar-refractivity contribution in [1.82, 2.24) is 9.97 Å². The van der Waals surface area contributed by atoms with Gasteiger partial charge in [-0.05, 0) is 42.2 Å². The molecule has 0 saturated carbocycles. The van der Waals surface area contributed by atoms with Crippen LogP contribution in [0.2, 0.25) is 0 Å². The summed E-state index contributed by atoms with van der Waals surface area (Å²) in [5.41, 5.74) is 9.74. The van der Waals surface area contributed by atoms with Gasteiger partial charge in [0.15, 0.2) is 5.13 Å². The highest BCUT2D eigenvalue weighted by atomic mass is 32.1. The molecule has 0 aliphatic carbocycles. The van der Waals surface area contributed by atoms with Crippen molar-refractivity contribution in [3.8, 4) is 11.3 Å². The van der Waals surface area contributed by atoms with E-state index < -0.39 is 0 Å². The molecule has 0 fully saturated rings. The van der Waals surface area contributed by atoms with Crippen molar-refractivity contribution >= 4 is 22.4 Å². The highest BCUT2D eigenvalue weighted by Crippen LogP contribution is 2.25. The van der Waals surface area contributed by atoms with Crippen LogP contribution in [0.4, 0.5) is 5.13 Å². The van der Waals surface area contributed by atoms with E-state index in [2.05, 4.69) is 27.4 Å². The fourth-order valence-electron chi connectivity index (χ4n) is 2.36. The van der Waals surface area contributed by atoms with Crippen LogP contribution in [0.1, 0.15) is 11.1 Å². The van der Waals surface area contributed by atoms with E-state index in [-0.39, 0.29) is 12.5 Å². The molecule has 2 aromatic heterocycles. The highest BCUT2D eigenvalue weighted by molar-refractivity contribution is 7.14. The number of thiazole rings is 1. The van der Waals surface area contributed by atoms with Crippen LogP contribution in [0.25, 0.3) is 11.3 Å². The predicted octanol–water partition coefficient (Wildman–Crippen LogP) is 2.89. The molecule has 0 aliphatic heterocycles. The number of hydrogen-bond acceptors (Lipinski definition) is 5. The van der Waals surface area contributed by atoms with Gasteiger partial charge in [0.25, 0.3) is 0 Å². The van der Waals surface area contributed by atoms with E-state index in [1.54, 1.807) is 0 Å². The second-order valence-electron chi connectivity index (χ2n) is 5.35. The minimum absolute atomic E-state index is 0.0423. The summed E-state index contributed by atoms with van der Waals surface area (Å²) in [6.45, 7) is -0.0423. The SMILES string of the molecule is NCC(=O)Nc1nc(-c2cccc(CCc3ccncc3)c2)cs1. The summed E-state index contributed by atoms with van der Waals surface area (Å²) in [6.07, 6.45) is 5.57. The Kier molecular flexibility index (Phi) is 5.30. The number of aryl methyl sites for hydroxylation is 2. The first-order valence-electron chi connectivity index (χ1n) is 7.68. The van der Waals surface area contributed by atoms with Crippen LogP contribution in [-0.2, 0) is 17.6 Å². The van der Waals surface area contributed by atoms with Crippen LogP contribution in [0.15, 0.2) is 54.2 Å². The highest BCUT2D eigenvalue weighted by Gasteiger charge is 2.07. The zero-order valence-electron chi connectivity index (χ0n) is 13.1. The zero-order chi connectivity index (χ0) is 16.8. The largest absolute Gasteiger partial charge is 0.322 e. The second kappa shape index (κ2) is 7.81. The normalized spacial score (nSPS) is 10.5. The minimum Gasteiger partial charge on any atom is -0.322 e. The molecule has 6 heteroatoms. The third-order valence-electron chi connectivity index (χ3n) is 3.61. The molecule has 3 N–H and O–H groups in total. The van der Waals surface area contributed by atoms with Gasteiger partial charge in [-0.25, -0.2) is 4.98 Å². The van der Waals surface area contributed by atoms with Gasteiger partial charge in [-0.1, -0.05) is 18.2 Å². The number of nitrogens with zero attached hydrogens (tertiary/aromatic N) is 2. The van der Waals surface area contributed by atoms with E-state index in [9.17, 15) is 4.79 Å². The van der Waals surface area contributed by atoms with E-state index in [0.717, 1.165) is 24.1 Å². The quantitative estimate of drug-likeness (QED) is 0.724. The summed E-state index contributed by atoms with van der Waals surface area (Å²) < 4.78 is 0. The van der Waals surface area contributed by atoms with Crippen LogP contribution < -0.4 is 11.1 Å². The first-order valence-corrected chi connectivity index (χ1v) is 8.56. The van der Waals surface area contributed by atoms with E-state index in [1.807, 2.05) is 42.0 Å². The van der Waals surface area contributed by atoms with Crippen molar-refractivity contribution < 1.29 is 4.79 Å². The molecule has 0 saturated heterocycles. The molecule has 0 aliphatic rings. The van der Waals surface area contributed by atoms with Crippen molar-refractivity contribution in [3.63, 3.8) is 0 Å².